The van der Waals surface area contributed by atoms with E-state index in [1.54, 1.807) is 0 Å². The van der Waals surface area contributed by atoms with Gasteiger partial charge in [0, 0.05) is 5.02 Å². The second-order valence-electron chi connectivity index (χ2n) is 9.08. The average molecular weight is 375 g/mol. The largest absolute Gasteiger partial charge is 0.0843 e. The molecule has 0 unspecified atom stereocenters. The summed E-state index contributed by atoms with van der Waals surface area (Å²) >= 11 is 6.09. The summed E-state index contributed by atoms with van der Waals surface area (Å²) in [6.07, 6.45) is 2.48. The molecule has 0 atom stereocenters. The minimum Gasteiger partial charge on any atom is -0.0843 e. The van der Waals surface area contributed by atoms with Gasteiger partial charge in [-0.2, -0.15) is 0 Å². The lowest BCUT2D eigenvalue weighted by Crippen LogP contribution is -2.33. The average Bonchev–Trinajstić information content (AvgIpc) is 2.66. The Morgan fingerprint density at radius 1 is 0.630 bits per heavy atom. The van der Waals surface area contributed by atoms with Crippen LogP contribution in [-0.4, -0.2) is 0 Å². The Kier molecular flexibility index (Phi) is 4.43. The molecule has 0 nitrogen and oxygen atoms in total. The van der Waals surface area contributed by atoms with Gasteiger partial charge in [0.1, 0.15) is 0 Å². The first-order valence-electron chi connectivity index (χ1n) is 9.78. The van der Waals surface area contributed by atoms with E-state index >= 15 is 0 Å². The molecule has 0 heterocycles. The molecule has 1 aliphatic rings. The summed E-state index contributed by atoms with van der Waals surface area (Å²) in [5, 5.41) is 0.772. The molecule has 0 radical (unpaired) electrons. The van der Waals surface area contributed by atoms with E-state index in [0.717, 1.165) is 5.02 Å². The van der Waals surface area contributed by atoms with Crippen molar-refractivity contribution in [3.05, 3.63) is 82.9 Å². The first kappa shape index (κ1) is 18.3. The molecule has 3 aromatic carbocycles. The highest BCUT2D eigenvalue weighted by Crippen LogP contribution is 2.47. The van der Waals surface area contributed by atoms with Gasteiger partial charge in [-0.1, -0.05) is 93.9 Å². The van der Waals surface area contributed by atoms with Crippen LogP contribution in [0.25, 0.3) is 22.3 Å². The van der Waals surface area contributed by atoms with Gasteiger partial charge in [-0.05, 0) is 69.2 Å². The van der Waals surface area contributed by atoms with Gasteiger partial charge < -0.3 is 0 Å². The van der Waals surface area contributed by atoms with Gasteiger partial charge in [0.05, 0.1) is 0 Å². The Hall–Kier alpha value is -2.05. The zero-order valence-electron chi connectivity index (χ0n) is 16.6. The predicted octanol–water partition coefficient (Wildman–Crippen LogP) is 8.02. The minimum atomic E-state index is 0.218. The molecule has 3 aromatic rings. The lowest BCUT2D eigenvalue weighted by Gasteiger charge is -2.42. The zero-order valence-corrected chi connectivity index (χ0v) is 17.4. The molecule has 1 heteroatoms. The fraction of sp³-hybridized carbons (Fsp3) is 0.308. The van der Waals surface area contributed by atoms with E-state index in [2.05, 4.69) is 82.3 Å². The van der Waals surface area contributed by atoms with E-state index < -0.39 is 0 Å². The van der Waals surface area contributed by atoms with E-state index in [4.69, 9.17) is 11.6 Å². The monoisotopic (exact) mass is 374 g/mol. The van der Waals surface area contributed by atoms with E-state index in [0.29, 0.717) is 0 Å². The molecule has 0 aliphatic heterocycles. The molecule has 27 heavy (non-hydrogen) atoms. The zero-order chi connectivity index (χ0) is 19.2. The van der Waals surface area contributed by atoms with Crippen LogP contribution < -0.4 is 0 Å². The lowest BCUT2D eigenvalue weighted by atomic mass is 9.63. The highest BCUT2D eigenvalue weighted by Gasteiger charge is 2.37. The number of rotatable bonds is 2. The van der Waals surface area contributed by atoms with Crippen molar-refractivity contribution in [1.82, 2.24) is 0 Å². The normalized spacial score (nSPS) is 17.4. The van der Waals surface area contributed by atoms with Crippen LogP contribution in [0.15, 0.2) is 66.7 Å². The Labute approximate surface area is 168 Å². The molecule has 0 fully saturated rings. The SMILES string of the molecule is CC1(C)CCC(C)(C)c2cc(-c3ccccc3-c3ccc(Cl)cc3)ccc21. The van der Waals surface area contributed by atoms with Crippen molar-refractivity contribution in [2.24, 2.45) is 0 Å². The van der Waals surface area contributed by atoms with Crippen LogP contribution in [0.2, 0.25) is 5.02 Å². The molecule has 0 bridgehead atoms. The smallest absolute Gasteiger partial charge is 0.0406 e. The molecular weight excluding hydrogens is 348 g/mol. The Balaban J connectivity index is 1.88. The quantitative estimate of drug-likeness (QED) is 0.426. The van der Waals surface area contributed by atoms with Crippen molar-refractivity contribution >= 4 is 11.6 Å². The van der Waals surface area contributed by atoms with Gasteiger partial charge in [0.2, 0.25) is 0 Å². The van der Waals surface area contributed by atoms with Crippen LogP contribution in [0.1, 0.15) is 51.7 Å². The Morgan fingerprint density at radius 3 is 1.78 bits per heavy atom. The standard InChI is InChI=1S/C26H27Cl/c1-25(2)15-16-26(3,4)24-17-19(11-14-23(24)25)22-8-6-5-7-21(22)18-9-12-20(27)13-10-18/h5-14,17H,15-16H2,1-4H3. The topological polar surface area (TPSA) is 0 Å². The summed E-state index contributed by atoms with van der Waals surface area (Å²) in [6, 6.07) is 23.9. The maximum Gasteiger partial charge on any atom is 0.0406 e. The molecule has 0 N–H and O–H groups in total. The van der Waals surface area contributed by atoms with Gasteiger partial charge >= 0.3 is 0 Å². The number of halogens is 1. The minimum absolute atomic E-state index is 0.218. The van der Waals surface area contributed by atoms with E-state index in [9.17, 15) is 0 Å². The van der Waals surface area contributed by atoms with E-state index in [-0.39, 0.29) is 10.8 Å². The van der Waals surface area contributed by atoms with Crippen LogP contribution in [-0.2, 0) is 10.8 Å². The molecule has 4 rings (SSSR count). The summed E-state index contributed by atoms with van der Waals surface area (Å²) in [4.78, 5) is 0. The summed E-state index contributed by atoms with van der Waals surface area (Å²) in [5.74, 6) is 0. The summed E-state index contributed by atoms with van der Waals surface area (Å²) in [7, 11) is 0. The number of hydrogen-bond donors (Lipinski definition) is 0. The van der Waals surface area contributed by atoms with Crippen molar-refractivity contribution in [1.29, 1.82) is 0 Å². The van der Waals surface area contributed by atoms with Gasteiger partial charge in [0.25, 0.3) is 0 Å². The molecular formula is C26H27Cl. The summed E-state index contributed by atoms with van der Waals surface area (Å²) in [6.45, 7) is 9.52. The molecule has 0 saturated carbocycles. The third-order valence-electron chi connectivity index (χ3n) is 6.25. The van der Waals surface area contributed by atoms with Crippen LogP contribution >= 0.6 is 11.6 Å². The van der Waals surface area contributed by atoms with Crippen molar-refractivity contribution < 1.29 is 0 Å². The molecule has 0 saturated heterocycles. The van der Waals surface area contributed by atoms with Crippen molar-refractivity contribution in [3.63, 3.8) is 0 Å². The van der Waals surface area contributed by atoms with Gasteiger partial charge in [-0.3, -0.25) is 0 Å². The second-order valence-corrected chi connectivity index (χ2v) is 9.52. The molecule has 0 amide bonds. The number of benzene rings is 3. The van der Waals surface area contributed by atoms with Crippen molar-refractivity contribution in [2.75, 3.05) is 0 Å². The van der Waals surface area contributed by atoms with Crippen LogP contribution in [0.4, 0.5) is 0 Å². The van der Waals surface area contributed by atoms with E-state index in [1.807, 2.05) is 12.1 Å². The van der Waals surface area contributed by atoms with Gasteiger partial charge in [0.15, 0.2) is 0 Å². The maximum atomic E-state index is 6.09. The van der Waals surface area contributed by atoms with Gasteiger partial charge in [-0.15, -0.1) is 0 Å². The highest BCUT2D eigenvalue weighted by atomic mass is 35.5. The third kappa shape index (κ3) is 3.32. The second kappa shape index (κ2) is 6.53. The number of fused-ring (bicyclic) bond motifs is 1. The fourth-order valence-corrected chi connectivity index (χ4v) is 4.50. The Morgan fingerprint density at radius 2 is 1.15 bits per heavy atom. The molecule has 1 aliphatic carbocycles. The predicted molar refractivity (Wildman–Crippen MR) is 118 cm³/mol. The maximum absolute atomic E-state index is 6.09. The first-order valence-corrected chi connectivity index (χ1v) is 10.2. The molecule has 0 spiro atoms. The number of hydrogen-bond acceptors (Lipinski definition) is 0. The Bertz CT molecular complexity index is 977. The van der Waals surface area contributed by atoms with Crippen molar-refractivity contribution in [3.8, 4) is 22.3 Å². The van der Waals surface area contributed by atoms with Gasteiger partial charge in [-0.25, -0.2) is 0 Å². The van der Waals surface area contributed by atoms with Crippen LogP contribution in [0.3, 0.4) is 0 Å². The van der Waals surface area contributed by atoms with Crippen LogP contribution in [0.5, 0.6) is 0 Å². The third-order valence-corrected chi connectivity index (χ3v) is 6.50. The molecule has 138 valence electrons. The van der Waals surface area contributed by atoms with Crippen molar-refractivity contribution in [2.45, 2.75) is 51.4 Å². The fourth-order valence-electron chi connectivity index (χ4n) is 4.37. The highest BCUT2D eigenvalue weighted by molar-refractivity contribution is 6.30. The summed E-state index contributed by atoms with van der Waals surface area (Å²) in [5.41, 5.74) is 8.50. The van der Waals surface area contributed by atoms with E-state index in [1.165, 1.54) is 46.2 Å². The summed E-state index contributed by atoms with van der Waals surface area (Å²) < 4.78 is 0. The lowest BCUT2D eigenvalue weighted by molar-refractivity contribution is 0.332. The first-order chi connectivity index (χ1) is 12.8. The molecule has 0 aromatic heterocycles. The van der Waals surface area contributed by atoms with Crippen LogP contribution in [0, 0.1) is 0 Å².